The van der Waals surface area contributed by atoms with E-state index in [2.05, 4.69) is 31.3 Å². The molecule has 2 aromatic rings. The van der Waals surface area contributed by atoms with E-state index < -0.39 is 17.6 Å². The van der Waals surface area contributed by atoms with Gasteiger partial charge in [-0.2, -0.15) is 18.3 Å². The fraction of sp³-hybridized carbons (Fsp3) is 0.300. The minimum atomic E-state index is -4.38. The van der Waals surface area contributed by atoms with E-state index in [-0.39, 0.29) is 12.0 Å². The zero-order valence-electron chi connectivity index (χ0n) is 15.3. The van der Waals surface area contributed by atoms with Gasteiger partial charge >= 0.3 is 6.18 Å². The van der Waals surface area contributed by atoms with Crippen molar-refractivity contribution < 1.29 is 22.7 Å². The maximum Gasteiger partial charge on any atom is 0.416 e. The third-order valence-corrected chi connectivity index (χ3v) is 3.73. The lowest BCUT2D eigenvalue weighted by molar-refractivity contribution is -0.137. The average molecular weight is 378 g/mol. The van der Waals surface area contributed by atoms with Gasteiger partial charge in [-0.15, -0.1) is 0 Å². The van der Waals surface area contributed by atoms with Crippen LogP contribution in [0.5, 0.6) is 5.75 Å². The lowest BCUT2D eigenvalue weighted by Crippen LogP contribution is -2.24. The Balaban J connectivity index is 1.81. The van der Waals surface area contributed by atoms with Crippen LogP contribution in [0.1, 0.15) is 37.5 Å². The van der Waals surface area contributed by atoms with Crippen molar-refractivity contribution in [3.8, 4) is 5.75 Å². The number of benzene rings is 2. The Morgan fingerprint density at radius 3 is 2.07 bits per heavy atom. The molecule has 0 aliphatic heterocycles. The number of amides is 1. The molecular formula is C20H21F3N2O2. The second-order valence-electron chi connectivity index (χ2n) is 6.98. The number of rotatable bonds is 5. The molecule has 0 fully saturated rings. The molecule has 2 aromatic carbocycles. The second-order valence-corrected chi connectivity index (χ2v) is 6.98. The smallest absolute Gasteiger partial charge is 0.416 e. The topological polar surface area (TPSA) is 50.7 Å². The second kappa shape index (κ2) is 8.24. The van der Waals surface area contributed by atoms with E-state index in [4.69, 9.17) is 4.74 Å². The van der Waals surface area contributed by atoms with Crippen LogP contribution in [0.15, 0.2) is 53.6 Å². The van der Waals surface area contributed by atoms with Gasteiger partial charge in [0.25, 0.3) is 5.91 Å². The molecular weight excluding hydrogens is 357 g/mol. The highest BCUT2D eigenvalue weighted by Crippen LogP contribution is 2.28. The number of hydrogen-bond donors (Lipinski definition) is 1. The summed E-state index contributed by atoms with van der Waals surface area (Å²) in [5, 5.41) is 3.71. The predicted octanol–water partition coefficient (Wildman–Crippen LogP) is 4.53. The maximum absolute atomic E-state index is 12.5. The first-order chi connectivity index (χ1) is 12.6. The molecule has 1 amide bonds. The summed E-state index contributed by atoms with van der Waals surface area (Å²) < 4.78 is 42.8. The van der Waals surface area contributed by atoms with Crippen molar-refractivity contribution >= 4 is 12.1 Å². The van der Waals surface area contributed by atoms with Crippen molar-refractivity contribution in [1.29, 1.82) is 0 Å². The van der Waals surface area contributed by atoms with E-state index in [0.29, 0.717) is 11.3 Å². The zero-order valence-corrected chi connectivity index (χ0v) is 15.3. The van der Waals surface area contributed by atoms with Crippen LogP contribution in [0.2, 0.25) is 0 Å². The lowest BCUT2D eigenvalue weighted by Gasteiger charge is -2.19. The van der Waals surface area contributed by atoms with Crippen molar-refractivity contribution in [3.63, 3.8) is 0 Å². The van der Waals surface area contributed by atoms with Crippen molar-refractivity contribution in [2.45, 2.75) is 32.4 Å². The number of hydrazone groups is 1. The van der Waals surface area contributed by atoms with E-state index in [1.807, 2.05) is 12.1 Å². The molecule has 0 spiro atoms. The van der Waals surface area contributed by atoms with E-state index in [0.717, 1.165) is 17.7 Å². The molecule has 0 aliphatic carbocycles. The van der Waals surface area contributed by atoms with Gasteiger partial charge in [0.15, 0.2) is 6.61 Å². The predicted molar refractivity (Wildman–Crippen MR) is 97.8 cm³/mol. The Hall–Kier alpha value is -2.83. The van der Waals surface area contributed by atoms with Crippen molar-refractivity contribution in [3.05, 3.63) is 65.2 Å². The molecule has 0 radical (unpaired) electrons. The van der Waals surface area contributed by atoms with Crippen LogP contribution in [0, 0.1) is 0 Å². The van der Waals surface area contributed by atoms with Crippen molar-refractivity contribution in [1.82, 2.24) is 5.43 Å². The highest BCUT2D eigenvalue weighted by atomic mass is 19.4. The van der Waals surface area contributed by atoms with Gasteiger partial charge in [-0.25, -0.2) is 5.43 Å². The molecule has 0 heterocycles. The summed E-state index contributed by atoms with van der Waals surface area (Å²) >= 11 is 0. The number of nitrogens with one attached hydrogen (secondary N) is 1. The summed E-state index contributed by atoms with van der Waals surface area (Å²) in [7, 11) is 0. The number of ether oxygens (including phenoxy) is 1. The van der Waals surface area contributed by atoms with Gasteiger partial charge < -0.3 is 4.74 Å². The maximum atomic E-state index is 12.5. The summed E-state index contributed by atoms with van der Waals surface area (Å²) in [5.41, 5.74) is 3.14. The summed E-state index contributed by atoms with van der Waals surface area (Å²) in [6, 6.07) is 11.9. The first-order valence-corrected chi connectivity index (χ1v) is 8.28. The largest absolute Gasteiger partial charge is 0.484 e. The third kappa shape index (κ3) is 6.44. The normalized spacial score (nSPS) is 12.2. The van der Waals surface area contributed by atoms with Gasteiger partial charge in [-0.05, 0) is 40.8 Å². The lowest BCUT2D eigenvalue weighted by atomic mass is 9.87. The number of alkyl halides is 3. The van der Waals surface area contributed by atoms with E-state index >= 15 is 0 Å². The van der Waals surface area contributed by atoms with E-state index in [1.54, 1.807) is 12.1 Å². The third-order valence-electron chi connectivity index (χ3n) is 3.73. The molecule has 144 valence electrons. The Morgan fingerprint density at radius 2 is 1.56 bits per heavy atom. The Bertz CT molecular complexity index is 790. The Kier molecular flexibility index (Phi) is 6.25. The van der Waals surface area contributed by atoms with Crippen LogP contribution < -0.4 is 10.2 Å². The molecule has 2 rings (SSSR count). The Labute approximate surface area is 156 Å². The van der Waals surface area contributed by atoms with E-state index in [1.165, 1.54) is 18.3 Å². The molecule has 1 N–H and O–H groups in total. The molecule has 4 nitrogen and oxygen atoms in total. The highest BCUT2D eigenvalue weighted by molar-refractivity contribution is 5.82. The number of nitrogens with zero attached hydrogens (tertiary/aromatic N) is 1. The van der Waals surface area contributed by atoms with Gasteiger partial charge in [0.05, 0.1) is 11.8 Å². The monoisotopic (exact) mass is 378 g/mol. The number of halogens is 3. The molecule has 0 aliphatic rings. The highest BCUT2D eigenvalue weighted by Gasteiger charge is 2.29. The van der Waals surface area contributed by atoms with Gasteiger partial charge in [-0.3, -0.25) is 4.79 Å². The minimum absolute atomic E-state index is 0.0307. The first-order valence-electron chi connectivity index (χ1n) is 8.28. The fourth-order valence-electron chi connectivity index (χ4n) is 2.17. The summed E-state index contributed by atoms with van der Waals surface area (Å²) in [6.45, 7) is 6.08. The molecule has 7 heteroatoms. The first kappa shape index (κ1) is 20.5. The molecule has 0 atom stereocenters. The molecule has 0 aromatic heterocycles. The fourth-order valence-corrected chi connectivity index (χ4v) is 2.17. The van der Waals surface area contributed by atoms with Crippen molar-refractivity contribution in [2.24, 2.45) is 5.10 Å². The number of carbonyl (C=O) groups excluding carboxylic acids is 1. The summed E-state index contributed by atoms with van der Waals surface area (Å²) in [6.07, 6.45) is -3.12. The summed E-state index contributed by atoms with van der Waals surface area (Å²) in [4.78, 5) is 11.7. The molecule has 0 saturated heterocycles. The molecule has 0 saturated carbocycles. The van der Waals surface area contributed by atoms with Crippen LogP contribution in [-0.4, -0.2) is 18.7 Å². The quantitative estimate of drug-likeness (QED) is 0.614. The van der Waals surface area contributed by atoms with Crippen molar-refractivity contribution in [2.75, 3.05) is 6.61 Å². The van der Waals surface area contributed by atoms with E-state index in [9.17, 15) is 18.0 Å². The zero-order chi connectivity index (χ0) is 20.1. The van der Waals surface area contributed by atoms with Gasteiger partial charge in [0, 0.05) is 0 Å². The molecule has 0 unspecified atom stereocenters. The molecule has 0 bridgehead atoms. The SMILES string of the molecule is CC(C)(C)c1ccc(OCC(=O)N/N=C\c2ccc(C(F)(F)F)cc2)cc1. The van der Waals surface area contributed by atoms with Crippen LogP contribution in [0.25, 0.3) is 0 Å². The van der Waals surface area contributed by atoms with Gasteiger partial charge in [0.1, 0.15) is 5.75 Å². The van der Waals surface area contributed by atoms with Crippen LogP contribution in [-0.2, 0) is 16.4 Å². The van der Waals surface area contributed by atoms with Crippen LogP contribution in [0.3, 0.4) is 0 Å². The Morgan fingerprint density at radius 1 is 1.00 bits per heavy atom. The average Bonchev–Trinajstić information content (AvgIpc) is 2.59. The van der Waals surface area contributed by atoms with Gasteiger partial charge in [-0.1, -0.05) is 45.0 Å². The van der Waals surface area contributed by atoms with Gasteiger partial charge in [0.2, 0.25) is 0 Å². The standard InChI is InChI=1S/C20H21F3N2O2/c1-19(2,3)15-8-10-17(11-9-15)27-13-18(26)25-24-12-14-4-6-16(7-5-14)20(21,22)23/h4-12H,13H2,1-3H3,(H,25,26)/b24-12-. The number of carbonyl (C=O) groups is 1. The summed E-state index contributed by atoms with van der Waals surface area (Å²) in [5.74, 6) is 0.0860. The van der Waals surface area contributed by atoms with Crippen LogP contribution >= 0.6 is 0 Å². The minimum Gasteiger partial charge on any atom is -0.484 e. The molecule has 27 heavy (non-hydrogen) atoms. The van der Waals surface area contributed by atoms with Crippen LogP contribution in [0.4, 0.5) is 13.2 Å². The number of hydrogen-bond acceptors (Lipinski definition) is 3.